The fourth-order valence-corrected chi connectivity index (χ4v) is 9.15. The Morgan fingerprint density at radius 1 is 0.696 bits per heavy atom. The van der Waals surface area contributed by atoms with E-state index in [1.165, 1.54) is 103 Å². The minimum absolute atomic E-state index is 0.00213. The molecule has 3 fully saturated rings. The number of rotatable bonds is 3. The first kappa shape index (κ1) is 16.2. The third-order valence-electron chi connectivity index (χ3n) is 6.33. The van der Waals surface area contributed by atoms with Crippen LogP contribution in [-0.2, 0) is 0 Å². The summed E-state index contributed by atoms with van der Waals surface area (Å²) in [6, 6.07) is 0. The number of aliphatic imine (C=N–C) groups is 1. The fraction of sp³-hybridized carbons (Fsp3) is 0.947. The topological polar surface area (TPSA) is 18.8 Å². The second-order valence-corrected chi connectivity index (χ2v) is 10.7. The molecule has 0 aromatic rings. The lowest BCUT2D eigenvalue weighted by Gasteiger charge is -2.50. The summed E-state index contributed by atoms with van der Waals surface area (Å²) in [4.78, 5) is 7.65. The van der Waals surface area contributed by atoms with E-state index < -0.39 is 0 Å². The minimum Gasteiger partial charge on any atom is -0.342 e. The van der Waals surface area contributed by atoms with Crippen molar-refractivity contribution in [1.29, 1.82) is 0 Å². The van der Waals surface area contributed by atoms with Gasteiger partial charge in [0.25, 0.3) is 0 Å². The summed E-state index contributed by atoms with van der Waals surface area (Å²) in [6.07, 6.45) is 17.6. The maximum Gasteiger partial charge on any atom is 0.199 e. The first-order valence-corrected chi connectivity index (χ1v) is 11.7. The van der Waals surface area contributed by atoms with Gasteiger partial charge in [-0.25, -0.2) is 0 Å². The number of guanidine groups is 1. The lowest BCUT2D eigenvalue weighted by Crippen LogP contribution is -2.52. The van der Waals surface area contributed by atoms with Crippen molar-refractivity contribution >= 4 is 14.0 Å². The van der Waals surface area contributed by atoms with Crippen molar-refractivity contribution in [3.05, 3.63) is 0 Å². The zero-order valence-corrected chi connectivity index (χ0v) is 15.7. The van der Waals surface area contributed by atoms with E-state index in [2.05, 4.69) is 9.57 Å². The zero-order valence-electron chi connectivity index (χ0n) is 14.8. The molecule has 0 unspecified atom stereocenters. The Hall–Kier alpha value is -0.300. The number of fused-ring (bicyclic) bond motifs is 1. The minimum atomic E-state index is 0.00213. The lowest BCUT2D eigenvalue weighted by atomic mass is 10.00. The molecule has 4 heteroatoms. The Balaban J connectivity index is 1.58. The van der Waals surface area contributed by atoms with Crippen LogP contribution in [0.3, 0.4) is 0 Å². The predicted octanol–water partition coefficient (Wildman–Crippen LogP) is 4.82. The Bertz CT molecular complexity index is 395. The third kappa shape index (κ3) is 3.55. The van der Waals surface area contributed by atoms with Crippen LogP contribution in [0.2, 0.25) is 0 Å². The molecule has 0 bridgehead atoms. The van der Waals surface area contributed by atoms with Gasteiger partial charge in [0.2, 0.25) is 0 Å². The largest absolute Gasteiger partial charge is 0.342 e. The van der Waals surface area contributed by atoms with Gasteiger partial charge in [-0.2, -0.15) is 0 Å². The quantitative estimate of drug-likeness (QED) is 0.689. The summed E-state index contributed by atoms with van der Waals surface area (Å²) >= 11 is 0. The van der Waals surface area contributed by atoms with Crippen LogP contribution >= 0.6 is 8.07 Å². The Morgan fingerprint density at radius 3 is 1.96 bits per heavy atom. The van der Waals surface area contributed by atoms with Gasteiger partial charge in [0, 0.05) is 34.3 Å². The van der Waals surface area contributed by atoms with Gasteiger partial charge in [0.05, 0.1) is 0 Å². The molecule has 0 N–H and O–H groups in total. The molecule has 2 heterocycles. The van der Waals surface area contributed by atoms with Crippen LogP contribution in [0, 0.1) is 0 Å². The van der Waals surface area contributed by atoms with Crippen molar-refractivity contribution in [2.75, 3.05) is 26.2 Å². The van der Waals surface area contributed by atoms with Crippen LogP contribution in [0.1, 0.15) is 77.0 Å². The molecule has 3 nitrogen and oxygen atoms in total. The van der Waals surface area contributed by atoms with E-state index in [9.17, 15) is 0 Å². The van der Waals surface area contributed by atoms with Crippen LogP contribution in [0.5, 0.6) is 0 Å². The first-order chi connectivity index (χ1) is 11.4. The molecule has 23 heavy (non-hydrogen) atoms. The zero-order chi connectivity index (χ0) is 15.5. The summed E-state index contributed by atoms with van der Waals surface area (Å²) in [5, 5.41) is 0. The van der Waals surface area contributed by atoms with E-state index in [0.717, 1.165) is 17.9 Å². The molecular formula is C19H34N3P. The van der Waals surface area contributed by atoms with Gasteiger partial charge in [-0.1, -0.05) is 38.5 Å². The molecule has 2 saturated carbocycles. The van der Waals surface area contributed by atoms with Crippen LogP contribution in [0.4, 0.5) is 0 Å². The van der Waals surface area contributed by atoms with Gasteiger partial charge in [-0.05, 0) is 49.8 Å². The summed E-state index contributed by atoms with van der Waals surface area (Å²) in [5.41, 5.74) is 2.01. The van der Waals surface area contributed by atoms with Gasteiger partial charge >= 0.3 is 0 Å². The maximum absolute atomic E-state index is 5.03. The Morgan fingerprint density at radius 2 is 1.30 bits per heavy atom. The second-order valence-electron chi connectivity index (χ2n) is 7.96. The fourth-order valence-electron chi connectivity index (χ4n) is 5.21. The van der Waals surface area contributed by atoms with Gasteiger partial charge < -0.3 is 9.57 Å². The standard InChI is InChI=1S/C19H34N3P/c1-3-9-17(10-4-1)23(18-11-5-2-6-12-18)22-16-8-15-21-14-7-13-20-19(21)22/h17-18H,1-16H2. The molecule has 2 aliphatic carbocycles. The lowest BCUT2D eigenvalue weighted by molar-refractivity contribution is 0.300. The highest BCUT2D eigenvalue weighted by molar-refractivity contribution is 7.57. The molecule has 2 aliphatic heterocycles. The van der Waals surface area contributed by atoms with E-state index >= 15 is 0 Å². The van der Waals surface area contributed by atoms with Crippen LogP contribution in [0.25, 0.3) is 0 Å². The summed E-state index contributed by atoms with van der Waals surface area (Å²) in [6.45, 7) is 4.89. The van der Waals surface area contributed by atoms with Crippen molar-refractivity contribution in [2.45, 2.75) is 88.4 Å². The highest BCUT2D eigenvalue weighted by Gasteiger charge is 2.39. The molecule has 1 saturated heterocycles. The van der Waals surface area contributed by atoms with E-state index in [-0.39, 0.29) is 8.07 Å². The second kappa shape index (κ2) is 7.72. The molecule has 0 spiro atoms. The Labute approximate surface area is 143 Å². The van der Waals surface area contributed by atoms with Crippen LogP contribution in [-0.4, -0.2) is 53.0 Å². The summed E-state index contributed by atoms with van der Waals surface area (Å²) in [5.74, 6) is 1.42. The monoisotopic (exact) mass is 335 g/mol. The smallest absolute Gasteiger partial charge is 0.199 e. The number of hydrogen-bond donors (Lipinski definition) is 0. The van der Waals surface area contributed by atoms with Crippen molar-refractivity contribution in [3.63, 3.8) is 0 Å². The highest BCUT2D eigenvalue weighted by Crippen LogP contribution is 2.59. The highest BCUT2D eigenvalue weighted by atomic mass is 31.1. The van der Waals surface area contributed by atoms with Crippen LogP contribution < -0.4 is 0 Å². The Kier molecular flexibility index (Phi) is 5.43. The predicted molar refractivity (Wildman–Crippen MR) is 100 cm³/mol. The SMILES string of the molecule is C1CCC(P(C2CCCCC2)N2CCCN3CCCN=C32)CC1. The average molecular weight is 335 g/mol. The third-order valence-corrected chi connectivity index (χ3v) is 9.79. The molecule has 0 aromatic heterocycles. The van der Waals surface area contributed by atoms with Crippen molar-refractivity contribution in [3.8, 4) is 0 Å². The van der Waals surface area contributed by atoms with Crippen LogP contribution in [0.15, 0.2) is 4.99 Å². The molecule has 130 valence electrons. The molecule has 4 rings (SSSR count). The molecule has 4 aliphatic rings. The molecule has 0 aromatic carbocycles. The number of nitrogens with zero attached hydrogens (tertiary/aromatic N) is 3. The van der Waals surface area contributed by atoms with E-state index in [1.807, 2.05) is 0 Å². The van der Waals surface area contributed by atoms with E-state index in [4.69, 9.17) is 4.99 Å². The van der Waals surface area contributed by atoms with Crippen molar-refractivity contribution < 1.29 is 0 Å². The van der Waals surface area contributed by atoms with Crippen molar-refractivity contribution in [1.82, 2.24) is 9.57 Å². The average Bonchev–Trinajstić information content (AvgIpc) is 2.64. The first-order valence-electron chi connectivity index (χ1n) is 10.3. The summed E-state index contributed by atoms with van der Waals surface area (Å²) < 4.78 is 2.88. The maximum atomic E-state index is 5.03. The molecule has 0 atom stereocenters. The molecule has 0 radical (unpaired) electrons. The van der Waals surface area contributed by atoms with E-state index in [1.54, 1.807) is 0 Å². The molecule has 0 amide bonds. The van der Waals surface area contributed by atoms with Gasteiger partial charge in [0.15, 0.2) is 5.96 Å². The van der Waals surface area contributed by atoms with E-state index in [0.29, 0.717) is 0 Å². The molecular weight excluding hydrogens is 301 g/mol. The van der Waals surface area contributed by atoms with Gasteiger partial charge in [-0.15, -0.1) is 0 Å². The number of hydrogen-bond acceptors (Lipinski definition) is 3. The summed E-state index contributed by atoms with van der Waals surface area (Å²) in [7, 11) is 0.00213. The normalized spacial score (nSPS) is 28.0. The van der Waals surface area contributed by atoms with Crippen molar-refractivity contribution in [2.24, 2.45) is 4.99 Å². The van der Waals surface area contributed by atoms with Gasteiger partial charge in [-0.3, -0.25) is 4.99 Å². The van der Waals surface area contributed by atoms with Gasteiger partial charge in [0.1, 0.15) is 0 Å².